The third-order valence-electron chi connectivity index (χ3n) is 3.62. The van der Waals surface area contributed by atoms with Gasteiger partial charge in [0.15, 0.2) is 5.16 Å². The van der Waals surface area contributed by atoms with Crippen LogP contribution in [0, 0.1) is 0 Å². The fourth-order valence-electron chi connectivity index (χ4n) is 2.47. The van der Waals surface area contributed by atoms with E-state index in [-0.39, 0.29) is 0 Å². The highest BCUT2D eigenvalue weighted by Gasteiger charge is 2.21. The number of nitrogens with one attached hydrogen (secondary N) is 1. The van der Waals surface area contributed by atoms with Crippen LogP contribution in [-0.2, 0) is 13.6 Å². The van der Waals surface area contributed by atoms with E-state index in [1.807, 2.05) is 4.57 Å². The van der Waals surface area contributed by atoms with E-state index in [9.17, 15) is 0 Å². The fraction of sp³-hybridized carbons (Fsp3) is 0.667. The average molecular weight is 293 g/mol. The number of aromatic nitrogens is 6. The standard InChI is InChI=1S/C12H19N7S/c1-18-11(10-2-4-13-5-3-10)16-17-12(18)20-7-6-19-8-14-15-9-19/h8-10,13H,2-7H2,1H3. The number of hydrogen-bond donors (Lipinski definition) is 1. The van der Waals surface area contributed by atoms with Crippen LogP contribution in [0.1, 0.15) is 24.6 Å². The second-order valence-electron chi connectivity index (χ2n) is 4.97. The minimum Gasteiger partial charge on any atom is -0.319 e. The summed E-state index contributed by atoms with van der Waals surface area (Å²) in [4.78, 5) is 0. The zero-order valence-electron chi connectivity index (χ0n) is 11.6. The van der Waals surface area contributed by atoms with Crippen LogP contribution in [-0.4, -0.2) is 48.4 Å². The monoisotopic (exact) mass is 293 g/mol. The lowest BCUT2D eigenvalue weighted by molar-refractivity contribution is 0.434. The molecule has 0 aliphatic carbocycles. The second kappa shape index (κ2) is 6.36. The lowest BCUT2D eigenvalue weighted by Crippen LogP contribution is -2.27. The van der Waals surface area contributed by atoms with Crippen LogP contribution < -0.4 is 5.32 Å². The molecule has 20 heavy (non-hydrogen) atoms. The zero-order chi connectivity index (χ0) is 13.8. The molecule has 2 aromatic heterocycles. The van der Waals surface area contributed by atoms with E-state index < -0.39 is 0 Å². The summed E-state index contributed by atoms with van der Waals surface area (Å²) >= 11 is 1.73. The molecule has 0 amide bonds. The first-order valence-electron chi connectivity index (χ1n) is 6.90. The maximum absolute atomic E-state index is 4.39. The second-order valence-corrected chi connectivity index (χ2v) is 6.03. The lowest BCUT2D eigenvalue weighted by Gasteiger charge is -2.21. The van der Waals surface area contributed by atoms with Gasteiger partial charge in [-0.2, -0.15) is 0 Å². The molecule has 0 bridgehead atoms. The molecular weight excluding hydrogens is 274 g/mol. The summed E-state index contributed by atoms with van der Waals surface area (Å²) in [6.07, 6.45) is 5.77. The van der Waals surface area contributed by atoms with Crippen LogP contribution >= 0.6 is 11.8 Å². The van der Waals surface area contributed by atoms with Crippen molar-refractivity contribution in [2.45, 2.75) is 30.5 Å². The third kappa shape index (κ3) is 3.01. The van der Waals surface area contributed by atoms with Gasteiger partial charge in [-0.05, 0) is 25.9 Å². The van der Waals surface area contributed by atoms with Crippen LogP contribution in [0.5, 0.6) is 0 Å². The Balaban J connectivity index is 1.58. The van der Waals surface area contributed by atoms with Gasteiger partial charge in [0.05, 0.1) is 0 Å². The van der Waals surface area contributed by atoms with Crippen molar-refractivity contribution in [3.8, 4) is 0 Å². The molecule has 3 rings (SSSR count). The summed E-state index contributed by atoms with van der Waals surface area (Å²) in [5.41, 5.74) is 0. The largest absolute Gasteiger partial charge is 0.319 e. The Kier molecular flexibility index (Phi) is 4.31. The first-order chi connectivity index (χ1) is 9.84. The van der Waals surface area contributed by atoms with Crippen molar-refractivity contribution < 1.29 is 0 Å². The van der Waals surface area contributed by atoms with Crippen molar-refractivity contribution >= 4 is 11.8 Å². The highest BCUT2D eigenvalue weighted by atomic mass is 32.2. The number of hydrogen-bond acceptors (Lipinski definition) is 6. The first kappa shape index (κ1) is 13.6. The van der Waals surface area contributed by atoms with E-state index in [1.54, 1.807) is 24.4 Å². The van der Waals surface area contributed by atoms with Gasteiger partial charge in [0.25, 0.3) is 0 Å². The molecule has 1 N–H and O–H groups in total. The Morgan fingerprint density at radius 2 is 2.00 bits per heavy atom. The van der Waals surface area contributed by atoms with Gasteiger partial charge in [-0.3, -0.25) is 0 Å². The number of rotatable bonds is 5. The number of thioether (sulfide) groups is 1. The van der Waals surface area contributed by atoms with Crippen molar-refractivity contribution in [2.24, 2.45) is 7.05 Å². The Morgan fingerprint density at radius 1 is 1.25 bits per heavy atom. The molecule has 0 unspecified atom stereocenters. The van der Waals surface area contributed by atoms with Crippen molar-refractivity contribution in [2.75, 3.05) is 18.8 Å². The molecule has 0 saturated carbocycles. The molecule has 108 valence electrons. The van der Waals surface area contributed by atoms with Gasteiger partial charge >= 0.3 is 0 Å². The van der Waals surface area contributed by atoms with Gasteiger partial charge < -0.3 is 14.5 Å². The maximum Gasteiger partial charge on any atom is 0.191 e. The molecule has 1 fully saturated rings. The summed E-state index contributed by atoms with van der Waals surface area (Å²) in [6, 6.07) is 0. The topological polar surface area (TPSA) is 73.5 Å². The Bertz CT molecular complexity index is 530. The molecule has 1 aliphatic rings. The molecular formula is C12H19N7S. The lowest BCUT2D eigenvalue weighted by atomic mass is 9.97. The average Bonchev–Trinajstić information content (AvgIpc) is 3.11. The highest BCUT2D eigenvalue weighted by Crippen LogP contribution is 2.26. The molecule has 1 aliphatic heterocycles. The van der Waals surface area contributed by atoms with Crippen LogP contribution in [0.15, 0.2) is 17.8 Å². The van der Waals surface area contributed by atoms with Gasteiger partial charge in [0.1, 0.15) is 18.5 Å². The molecule has 1 saturated heterocycles. The maximum atomic E-state index is 4.39. The van der Waals surface area contributed by atoms with Gasteiger partial charge in [-0.1, -0.05) is 11.8 Å². The minimum atomic E-state index is 0.543. The SMILES string of the molecule is Cn1c(SCCn2cnnc2)nnc1C1CCNCC1. The predicted octanol–water partition coefficient (Wildman–Crippen LogP) is 0.666. The van der Waals surface area contributed by atoms with E-state index in [2.05, 4.69) is 37.3 Å². The summed E-state index contributed by atoms with van der Waals surface area (Å²) < 4.78 is 4.11. The zero-order valence-corrected chi connectivity index (χ0v) is 12.4. The van der Waals surface area contributed by atoms with Gasteiger partial charge in [0, 0.05) is 25.3 Å². The molecule has 7 nitrogen and oxygen atoms in total. The molecule has 0 atom stereocenters. The molecule has 2 aromatic rings. The smallest absolute Gasteiger partial charge is 0.191 e. The number of aryl methyl sites for hydroxylation is 1. The quantitative estimate of drug-likeness (QED) is 0.817. The summed E-state index contributed by atoms with van der Waals surface area (Å²) in [5.74, 6) is 2.61. The van der Waals surface area contributed by atoms with Crippen molar-refractivity contribution in [1.29, 1.82) is 0 Å². The van der Waals surface area contributed by atoms with Crippen LogP contribution in [0.4, 0.5) is 0 Å². The first-order valence-corrected chi connectivity index (χ1v) is 7.88. The Hall–Kier alpha value is -1.41. The van der Waals surface area contributed by atoms with Crippen LogP contribution in [0.2, 0.25) is 0 Å². The highest BCUT2D eigenvalue weighted by molar-refractivity contribution is 7.99. The van der Waals surface area contributed by atoms with E-state index in [1.165, 1.54) is 0 Å². The normalized spacial score (nSPS) is 16.6. The summed E-state index contributed by atoms with van der Waals surface area (Å²) in [7, 11) is 2.07. The minimum absolute atomic E-state index is 0.543. The third-order valence-corrected chi connectivity index (χ3v) is 4.62. The van der Waals surface area contributed by atoms with Crippen LogP contribution in [0.3, 0.4) is 0 Å². The predicted molar refractivity (Wildman–Crippen MR) is 76.6 cm³/mol. The Morgan fingerprint density at radius 3 is 2.75 bits per heavy atom. The van der Waals surface area contributed by atoms with Gasteiger partial charge in [-0.25, -0.2) is 0 Å². The van der Waals surface area contributed by atoms with Gasteiger partial charge in [0.2, 0.25) is 0 Å². The Labute approximate surface area is 122 Å². The van der Waals surface area contributed by atoms with E-state index in [0.717, 1.165) is 49.2 Å². The molecule has 0 spiro atoms. The van der Waals surface area contributed by atoms with Crippen molar-refractivity contribution in [3.05, 3.63) is 18.5 Å². The fourth-order valence-corrected chi connectivity index (χ4v) is 3.34. The molecule has 0 radical (unpaired) electrons. The van der Waals surface area contributed by atoms with Crippen molar-refractivity contribution in [3.63, 3.8) is 0 Å². The van der Waals surface area contributed by atoms with Crippen molar-refractivity contribution in [1.82, 2.24) is 34.8 Å². The molecule has 0 aromatic carbocycles. The number of nitrogens with zero attached hydrogens (tertiary/aromatic N) is 6. The van der Waals surface area contributed by atoms with Crippen LogP contribution in [0.25, 0.3) is 0 Å². The van der Waals surface area contributed by atoms with E-state index in [4.69, 9.17) is 0 Å². The van der Waals surface area contributed by atoms with E-state index in [0.29, 0.717) is 5.92 Å². The summed E-state index contributed by atoms with van der Waals surface area (Å²) in [5, 5.41) is 20.7. The molecule has 3 heterocycles. The number of piperidine rings is 1. The molecule has 8 heteroatoms. The van der Waals surface area contributed by atoms with E-state index >= 15 is 0 Å². The summed E-state index contributed by atoms with van der Waals surface area (Å²) in [6.45, 7) is 3.04. The van der Waals surface area contributed by atoms with Gasteiger partial charge in [-0.15, -0.1) is 20.4 Å².